The lowest BCUT2D eigenvalue weighted by atomic mass is 10.2. The molecule has 5 nitrogen and oxygen atoms in total. The summed E-state index contributed by atoms with van der Waals surface area (Å²) in [7, 11) is -4.25. The molecule has 4 N–H and O–H groups in total. The topological polar surface area (TPSA) is 99.1 Å². The summed E-state index contributed by atoms with van der Waals surface area (Å²) in [5, 5.41) is 4.77. The van der Waals surface area contributed by atoms with Crippen LogP contribution in [0, 0.1) is 0 Å². The van der Waals surface area contributed by atoms with Crippen molar-refractivity contribution in [1.82, 2.24) is 4.98 Å². The number of halogens is 3. The second kappa shape index (κ2) is 3.99. The van der Waals surface area contributed by atoms with Crippen LogP contribution in [0.5, 0.6) is 0 Å². The quantitative estimate of drug-likeness (QED) is 0.796. The van der Waals surface area contributed by atoms with Gasteiger partial charge in [0.05, 0.1) is 10.5 Å². The molecule has 15 heavy (non-hydrogen) atoms. The van der Waals surface area contributed by atoms with Crippen LogP contribution < -0.4 is 10.9 Å². The van der Waals surface area contributed by atoms with Gasteiger partial charge in [0.25, 0.3) is 6.43 Å². The Bertz CT molecular complexity index is 491. The molecule has 0 aliphatic carbocycles. The first-order valence-electron chi connectivity index (χ1n) is 3.50. The third kappa shape index (κ3) is 2.61. The Kier molecular flexibility index (Phi) is 3.26. The molecule has 0 aliphatic heterocycles. The molecule has 1 aromatic rings. The zero-order chi connectivity index (χ0) is 11.8. The first-order valence-corrected chi connectivity index (χ1v) is 5.84. The van der Waals surface area contributed by atoms with Crippen molar-refractivity contribution in [3.05, 3.63) is 16.2 Å². The molecule has 0 unspecified atom stereocenters. The SMILES string of the molecule is Nc1nc(Br)cc(S(N)(=O)=O)c1C(F)F. The molecule has 0 atom stereocenters. The minimum absolute atomic E-state index is 0.0217. The monoisotopic (exact) mass is 301 g/mol. The van der Waals surface area contributed by atoms with Crippen LogP contribution in [0.15, 0.2) is 15.6 Å². The number of nitrogen functional groups attached to an aromatic ring is 1. The number of rotatable bonds is 2. The Labute approximate surface area is 92.7 Å². The molecule has 0 fully saturated rings. The highest BCUT2D eigenvalue weighted by molar-refractivity contribution is 9.10. The van der Waals surface area contributed by atoms with Crippen molar-refractivity contribution in [3.63, 3.8) is 0 Å². The van der Waals surface area contributed by atoms with Crippen molar-refractivity contribution in [2.24, 2.45) is 5.14 Å². The molecule has 0 radical (unpaired) electrons. The molecular formula is C6H6BrF2N3O2S. The van der Waals surface area contributed by atoms with Crippen molar-refractivity contribution in [2.45, 2.75) is 11.3 Å². The second-order valence-corrected chi connectivity index (χ2v) is 4.93. The van der Waals surface area contributed by atoms with E-state index >= 15 is 0 Å². The van der Waals surface area contributed by atoms with Gasteiger partial charge >= 0.3 is 0 Å². The summed E-state index contributed by atoms with van der Waals surface area (Å²) < 4.78 is 47.0. The van der Waals surface area contributed by atoms with E-state index in [4.69, 9.17) is 10.9 Å². The number of alkyl halides is 2. The molecular weight excluding hydrogens is 296 g/mol. The van der Waals surface area contributed by atoms with Gasteiger partial charge < -0.3 is 5.73 Å². The number of hydrogen-bond donors (Lipinski definition) is 2. The normalized spacial score (nSPS) is 12.1. The molecule has 84 valence electrons. The van der Waals surface area contributed by atoms with Gasteiger partial charge in [-0.3, -0.25) is 0 Å². The number of nitrogens with two attached hydrogens (primary N) is 2. The van der Waals surface area contributed by atoms with Crippen molar-refractivity contribution >= 4 is 31.8 Å². The summed E-state index contributed by atoms with van der Waals surface area (Å²) >= 11 is 2.83. The molecule has 0 aromatic carbocycles. The maximum Gasteiger partial charge on any atom is 0.268 e. The summed E-state index contributed by atoms with van der Waals surface area (Å²) in [5.41, 5.74) is 4.30. The molecule has 9 heteroatoms. The maximum atomic E-state index is 12.5. The van der Waals surface area contributed by atoms with Gasteiger partial charge in [-0.25, -0.2) is 27.3 Å². The first-order chi connectivity index (χ1) is 6.73. The van der Waals surface area contributed by atoms with E-state index in [1.54, 1.807) is 0 Å². The highest BCUT2D eigenvalue weighted by atomic mass is 79.9. The lowest BCUT2D eigenvalue weighted by Gasteiger charge is -2.09. The average Bonchev–Trinajstić information content (AvgIpc) is 1.99. The fraction of sp³-hybridized carbons (Fsp3) is 0.167. The zero-order valence-electron chi connectivity index (χ0n) is 7.12. The van der Waals surface area contributed by atoms with E-state index in [1.165, 1.54) is 0 Å². The van der Waals surface area contributed by atoms with Crippen molar-refractivity contribution in [3.8, 4) is 0 Å². The van der Waals surface area contributed by atoms with Gasteiger partial charge in [-0.2, -0.15) is 0 Å². The van der Waals surface area contributed by atoms with Gasteiger partial charge in [0.2, 0.25) is 10.0 Å². The average molecular weight is 302 g/mol. The van der Waals surface area contributed by atoms with Crippen LogP contribution in [0.2, 0.25) is 0 Å². The number of hydrogen-bond acceptors (Lipinski definition) is 4. The Morgan fingerprint density at radius 1 is 1.47 bits per heavy atom. The third-order valence-corrected chi connectivity index (χ3v) is 2.90. The van der Waals surface area contributed by atoms with Gasteiger partial charge in [-0.05, 0) is 22.0 Å². The fourth-order valence-corrected chi connectivity index (χ4v) is 2.32. The van der Waals surface area contributed by atoms with Crippen LogP contribution in [0.3, 0.4) is 0 Å². The summed E-state index contributed by atoms with van der Waals surface area (Å²) in [6, 6.07) is 0.882. The van der Waals surface area contributed by atoms with E-state index in [-0.39, 0.29) is 4.60 Å². The van der Waals surface area contributed by atoms with Gasteiger partial charge in [0.15, 0.2) is 0 Å². The van der Waals surface area contributed by atoms with Crippen molar-refractivity contribution in [1.29, 1.82) is 0 Å². The third-order valence-electron chi connectivity index (χ3n) is 1.54. The highest BCUT2D eigenvalue weighted by Crippen LogP contribution is 2.31. The number of nitrogens with zero attached hydrogens (tertiary/aromatic N) is 1. The van der Waals surface area contributed by atoms with Crippen LogP contribution in [0.25, 0.3) is 0 Å². The van der Waals surface area contributed by atoms with Crippen LogP contribution in [0.1, 0.15) is 12.0 Å². The van der Waals surface area contributed by atoms with Gasteiger partial charge in [0.1, 0.15) is 10.4 Å². The molecule has 0 bridgehead atoms. The van der Waals surface area contributed by atoms with Gasteiger partial charge in [-0.1, -0.05) is 0 Å². The zero-order valence-corrected chi connectivity index (χ0v) is 9.52. The lowest BCUT2D eigenvalue weighted by molar-refractivity contribution is 0.148. The molecule has 1 aromatic heterocycles. The number of primary sulfonamides is 1. The van der Waals surface area contributed by atoms with Crippen LogP contribution in [-0.4, -0.2) is 13.4 Å². The van der Waals surface area contributed by atoms with E-state index in [1.807, 2.05) is 0 Å². The molecule has 1 heterocycles. The van der Waals surface area contributed by atoms with E-state index in [0.29, 0.717) is 0 Å². The Hall–Kier alpha value is -0.800. The first kappa shape index (κ1) is 12.3. The molecule has 0 amide bonds. The molecule has 0 saturated heterocycles. The van der Waals surface area contributed by atoms with E-state index in [2.05, 4.69) is 20.9 Å². The van der Waals surface area contributed by atoms with E-state index < -0.39 is 32.7 Å². The standard InChI is InChI=1S/C6H6BrF2N3O2S/c7-3-1-2(15(11,13)14)4(5(8)9)6(10)12-3/h1,5H,(H2,10,12)(H2,11,13,14). The predicted molar refractivity (Wildman–Crippen MR) is 52.7 cm³/mol. The van der Waals surface area contributed by atoms with Crippen LogP contribution >= 0.6 is 15.9 Å². The Morgan fingerprint density at radius 2 is 2.00 bits per heavy atom. The Morgan fingerprint density at radius 3 is 2.40 bits per heavy atom. The number of sulfonamides is 1. The minimum Gasteiger partial charge on any atom is -0.383 e. The van der Waals surface area contributed by atoms with Crippen LogP contribution in [-0.2, 0) is 10.0 Å². The Balaban J connectivity index is 3.62. The molecule has 0 spiro atoms. The van der Waals surface area contributed by atoms with E-state index in [0.717, 1.165) is 6.07 Å². The van der Waals surface area contributed by atoms with Gasteiger partial charge in [-0.15, -0.1) is 0 Å². The number of anilines is 1. The summed E-state index contributed by atoms with van der Waals surface area (Å²) in [5.74, 6) is -0.566. The molecule has 0 saturated carbocycles. The maximum absolute atomic E-state index is 12.5. The van der Waals surface area contributed by atoms with Crippen molar-refractivity contribution in [2.75, 3.05) is 5.73 Å². The molecule has 0 aliphatic rings. The van der Waals surface area contributed by atoms with Crippen LogP contribution in [0.4, 0.5) is 14.6 Å². The summed E-state index contributed by atoms with van der Waals surface area (Å²) in [6.07, 6.45) is -3.06. The lowest BCUT2D eigenvalue weighted by Crippen LogP contribution is -2.16. The smallest absolute Gasteiger partial charge is 0.268 e. The number of aromatic nitrogens is 1. The largest absolute Gasteiger partial charge is 0.383 e. The second-order valence-electron chi connectivity index (χ2n) is 2.59. The fourth-order valence-electron chi connectivity index (χ4n) is 0.974. The molecule has 1 rings (SSSR count). The van der Waals surface area contributed by atoms with Crippen molar-refractivity contribution < 1.29 is 17.2 Å². The highest BCUT2D eigenvalue weighted by Gasteiger charge is 2.25. The minimum atomic E-state index is -4.25. The van der Waals surface area contributed by atoms with Gasteiger partial charge in [0, 0.05) is 0 Å². The predicted octanol–water partition coefficient (Wildman–Crippen LogP) is 1.01. The van der Waals surface area contributed by atoms with E-state index in [9.17, 15) is 17.2 Å². The summed E-state index contributed by atoms with van der Waals surface area (Å²) in [4.78, 5) is 2.74. The number of pyridine rings is 1. The summed E-state index contributed by atoms with van der Waals surface area (Å²) in [6.45, 7) is 0.